The van der Waals surface area contributed by atoms with Crippen molar-refractivity contribution in [1.29, 1.82) is 0 Å². The zero-order chi connectivity index (χ0) is 19.4. The van der Waals surface area contributed by atoms with Crippen LogP contribution in [0.5, 0.6) is 0 Å². The number of carboxylic acids is 1. The lowest BCUT2D eigenvalue weighted by atomic mass is 9.80. The summed E-state index contributed by atoms with van der Waals surface area (Å²) in [6, 6.07) is 6.23. The Morgan fingerprint density at radius 1 is 1.26 bits per heavy atom. The van der Waals surface area contributed by atoms with Crippen LogP contribution in [-0.4, -0.2) is 39.5 Å². The summed E-state index contributed by atoms with van der Waals surface area (Å²) in [6.07, 6.45) is 5.29. The van der Waals surface area contributed by atoms with E-state index in [1.54, 1.807) is 25.2 Å². The molecule has 2 aromatic rings. The van der Waals surface area contributed by atoms with E-state index in [-0.39, 0.29) is 18.7 Å². The van der Waals surface area contributed by atoms with Crippen LogP contribution in [0.3, 0.4) is 0 Å². The third-order valence-corrected chi connectivity index (χ3v) is 5.34. The van der Waals surface area contributed by atoms with Gasteiger partial charge in [0.15, 0.2) is 11.7 Å². The van der Waals surface area contributed by atoms with E-state index in [1.165, 1.54) is 17.2 Å². The summed E-state index contributed by atoms with van der Waals surface area (Å²) in [5.41, 5.74) is -0.809. The number of halogens is 1. The molecule has 7 heteroatoms. The van der Waals surface area contributed by atoms with Gasteiger partial charge >= 0.3 is 5.97 Å². The number of aliphatic carboxylic acids is 1. The Kier molecular flexibility index (Phi) is 5.58. The zero-order valence-corrected chi connectivity index (χ0v) is 15.3. The lowest BCUT2D eigenvalue weighted by Gasteiger charge is -2.41. The molecule has 1 fully saturated rings. The van der Waals surface area contributed by atoms with Gasteiger partial charge in [0.25, 0.3) is 0 Å². The minimum Gasteiger partial charge on any atom is -0.479 e. The fourth-order valence-corrected chi connectivity index (χ4v) is 3.66. The number of nitrogens with zero attached hydrogens (tertiary/aromatic N) is 2. The average molecular weight is 374 g/mol. The molecule has 1 aromatic heterocycles. The number of rotatable bonds is 6. The van der Waals surface area contributed by atoms with Crippen molar-refractivity contribution in [1.82, 2.24) is 9.88 Å². The maximum absolute atomic E-state index is 13.8. The van der Waals surface area contributed by atoms with Gasteiger partial charge in [-0.15, -0.1) is 0 Å². The fourth-order valence-electron chi connectivity index (χ4n) is 3.66. The highest BCUT2D eigenvalue weighted by Gasteiger charge is 2.45. The Balaban J connectivity index is 1.65. The molecule has 27 heavy (non-hydrogen) atoms. The SMILES string of the molecule is CN(C(=O)CCc1ncc(-c2ccccc2F)o1)C1(C(=O)O)CCCCC1. The third-order valence-electron chi connectivity index (χ3n) is 5.34. The second-order valence-corrected chi connectivity index (χ2v) is 6.95. The van der Waals surface area contributed by atoms with Gasteiger partial charge in [0.2, 0.25) is 5.91 Å². The molecule has 1 aliphatic carbocycles. The van der Waals surface area contributed by atoms with Gasteiger partial charge in [-0.05, 0) is 25.0 Å². The summed E-state index contributed by atoms with van der Waals surface area (Å²) in [4.78, 5) is 29.9. The number of amides is 1. The summed E-state index contributed by atoms with van der Waals surface area (Å²) < 4.78 is 19.4. The molecule has 1 amide bonds. The van der Waals surface area contributed by atoms with Crippen molar-refractivity contribution >= 4 is 11.9 Å². The van der Waals surface area contributed by atoms with Gasteiger partial charge in [-0.1, -0.05) is 31.4 Å². The van der Waals surface area contributed by atoms with Crippen LogP contribution >= 0.6 is 0 Å². The maximum atomic E-state index is 13.8. The van der Waals surface area contributed by atoms with Crippen molar-refractivity contribution in [2.24, 2.45) is 0 Å². The van der Waals surface area contributed by atoms with Gasteiger partial charge in [0.05, 0.1) is 11.8 Å². The lowest BCUT2D eigenvalue weighted by molar-refractivity contribution is -0.160. The number of likely N-dealkylation sites (N-methyl/N-ethyl adjacent to an activating group) is 1. The van der Waals surface area contributed by atoms with Crippen molar-refractivity contribution in [3.63, 3.8) is 0 Å². The first kappa shape index (κ1) is 19.1. The number of oxazole rings is 1. The maximum Gasteiger partial charge on any atom is 0.329 e. The van der Waals surface area contributed by atoms with E-state index in [0.29, 0.717) is 30.1 Å². The highest BCUT2D eigenvalue weighted by atomic mass is 19.1. The molecule has 0 radical (unpaired) electrons. The van der Waals surface area contributed by atoms with Gasteiger partial charge in [0.1, 0.15) is 11.4 Å². The topological polar surface area (TPSA) is 83.6 Å². The summed E-state index contributed by atoms with van der Waals surface area (Å²) >= 11 is 0. The molecule has 3 rings (SSSR count). The number of hydrogen-bond acceptors (Lipinski definition) is 4. The van der Waals surface area contributed by atoms with Gasteiger partial charge in [-0.2, -0.15) is 0 Å². The summed E-state index contributed by atoms with van der Waals surface area (Å²) in [6.45, 7) is 0. The molecule has 1 heterocycles. The highest BCUT2D eigenvalue weighted by molar-refractivity contribution is 5.87. The molecule has 1 saturated carbocycles. The second kappa shape index (κ2) is 7.90. The van der Waals surface area contributed by atoms with E-state index in [2.05, 4.69) is 4.98 Å². The van der Waals surface area contributed by atoms with E-state index >= 15 is 0 Å². The van der Waals surface area contributed by atoms with Crippen molar-refractivity contribution in [2.75, 3.05) is 7.05 Å². The van der Waals surface area contributed by atoms with E-state index in [0.717, 1.165) is 19.3 Å². The zero-order valence-electron chi connectivity index (χ0n) is 15.3. The number of carbonyl (C=O) groups is 2. The number of hydrogen-bond donors (Lipinski definition) is 1. The monoisotopic (exact) mass is 374 g/mol. The Morgan fingerprint density at radius 3 is 2.63 bits per heavy atom. The predicted molar refractivity (Wildman–Crippen MR) is 96.4 cm³/mol. The van der Waals surface area contributed by atoms with Gasteiger partial charge in [-0.25, -0.2) is 14.2 Å². The molecule has 1 N–H and O–H groups in total. The lowest BCUT2D eigenvalue weighted by Crippen LogP contribution is -2.56. The Bertz CT molecular complexity index is 827. The molecule has 1 aliphatic rings. The van der Waals surface area contributed by atoms with E-state index in [1.807, 2.05) is 0 Å². The minimum absolute atomic E-state index is 0.0861. The second-order valence-electron chi connectivity index (χ2n) is 6.95. The van der Waals surface area contributed by atoms with E-state index in [4.69, 9.17) is 4.42 Å². The molecule has 0 aliphatic heterocycles. The normalized spacial score (nSPS) is 16.1. The van der Waals surface area contributed by atoms with Crippen LogP contribution in [0.4, 0.5) is 4.39 Å². The predicted octanol–water partition coefficient (Wildman–Crippen LogP) is 3.66. The van der Waals surface area contributed by atoms with Gasteiger partial charge < -0.3 is 14.4 Å². The summed E-state index contributed by atoms with van der Waals surface area (Å²) in [5.74, 6) is -0.987. The van der Waals surface area contributed by atoms with Crippen LogP contribution in [0.1, 0.15) is 44.4 Å². The summed E-state index contributed by atoms with van der Waals surface area (Å²) in [7, 11) is 1.56. The standard InChI is InChI=1S/C20H23FN2O4/c1-23(20(19(25)26)11-5-2-6-12-20)18(24)10-9-17-22-13-16(27-17)14-7-3-4-8-15(14)21/h3-4,7-8,13H,2,5-6,9-12H2,1H3,(H,25,26). The van der Waals surface area contributed by atoms with Crippen LogP contribution in [-0.2, 0) is 16.0 Å². The van der Waals surface area contributed by atoms with Crippen LogP contribution in [0.25, 0.3) is 11.3 Å². The largest absolute Gasteiger partial charge is 0.479 e. The number of benzene rings is 1. The Labute approximate surface area is 157 Å². The van der Waals surface area contributed by atoms with Crippen LogP contribution < -0.4 is 0 Å². The van der Waals surface area contributed by atoms with Crippen molar-refractivity contribution in [3.8, 4) is 11.3 Å². The smallest absolute Gasteiger partial charge is 0.329 e. The third kappa shape index (κ3) is 3.86. The fraction of sp³-hybridized carbons (Fsp3) is 0.450. The first-order valence-electron chi connectivity index (χ1n) is 9.14. The molecule has 144 valence electrons. The first-order chi connectivity index (χ1) is 12.9. The van der Waals surface area contributed by atoms with Crippen LogP contribution in [0.15, 0.2) is 34.9 Å². The summed E-state index contributed by atoms with van der Waals surface area (Å²) in [5, 5.41) is 9.69. The van der Waals surface area contributed by atoms with Crippen molar-refractivity contribution in [3.05, 3.63) is 42.2 Å². The Morgan fingerprint density at radius 2 is 1.96 bits per heavy atom. The van der Waals surface area contributed by atoms with E-state index < -0.39 is 17.3 Å². The van der Waals surface area contributed by atoms with Gasteiger partial charge in [-0.3, -0.25) is 4.79 Å². The van der Waals surface area contributed by atoms with Crippen molar-refractivity contribution in [2.45, 2.75) is 50.5 Å². The average Bonchev–Trinajstić information content (AvgIpc) is 3.15. The quantitative estimate of drug-likeness (QED) is 0.834. The molecule has 0 bridgehead atoms. The van der Waals surface area contributed by atoms with E-state index in [9.17, 15) is 19.1 Å². The molecule has 6 nitrogen and oxygen atoms in total. The number of aryl methyl sites for hydroxylation is 1. The molecule has 0 unspecified atom stereocenters. The molecular formula is C20H23FN2O4. The molecule has 0 atom stereocenters. The first-order valence-corrected chi connectivity index (χ1v) is 9.14. The minimum atomic E-state index is -1.12. The van der Waals surface area contributed by atoms with Gasteiger partial charge in [0, 0.05) is 19.9 Å². The number of aromatic nitrogens is 1. The molecular weight excluding hydrogens is 351 g/mol. The number of carbonyl (C=O) groups excluding carboxylic acids is 1. The van der Waals surface area contributed by atoms with Crippen LogP contribution in [0.2, 0.25) is 0 Å². The highest BCUT2D eigenvalue weighted by Crippen LogP contribution is 2.34. The van der Waals surface area contributed by atoms with Crippen molar-refractivity contribution < 1.29 is 23.5 Å². The van der Waals surface area contributed by atoms with Crippen LogP contribution in [0, 0.1) is 5.82 Å². The Hall–Kier alpha value is -2.70. The number of carboxylic acid groups (broad SMARTS) is 1. The molecule has 0 spiro atoms. The molecule has 0 saturated heterocycles. The molecule has 1 aromatic carbocycles.